The van der Waals surface area contributed by atoms with E-state index in [2.05, 4.69) is 9.97 Å². The molecule has 19 heavy (non-hydrogen) atoms. The fourth-order valence-electron chi connectivity index (χ4n) is 1.90. The molecule has 2 heterocycles. The van der Waals surface area contributed by atoms with Crippen LogP contribution in [0.3, 0.4) is 0 Å². The molecule has 9 heteroatoms. The van der Waals surface area contributed by atoms with Crippen LogP contribution in [0.1, 0.15) is 16.8 Å². The molecule has 1 unspecified atom stereocenters. The second kappa shape index (κ2) is 5.00. The number of anilines is 1. The highest BCUT2D eigenvalue weighted by atomic mass is 32.3. The van der Waals surface area contributed by atoms with Crippen LogP contribution in [0, 0.1) is 5.92 Å². The molecule has 102 valence electrons. The summed E-state index contributed by atoms with van der Waals surface area (Å²) in [4.78, 5) is 31.0. The lowest BCUT2D eigenvalue weighted by Crippen LogP contribution is -2.27. The third-order valence-electron chi connectivity index (χ3n) is 2.68. The van der Waals surface area contributed by atoms with Crippen molar-refractivity contribution >= 4 is 28.4 Å². The van der Waals surface area contributed by atoms with Crippen molar-refractivity contribution in [3.8, 4) is 0 Å². The average Bonchev–Trinajstić information content (AvgIpc) is 2.68. The van der Waals surface area contributed by atoms with Crippen molar-refractivity contribution in [2.75, 3.05) is 17.2 Å². The van der Waals surface area contributed by atoms with Gasteiger partial charge in [-0.25, -0.2) is 9.97 Å². The monoisotopic (exact) mass is 287 g/mol. The fraction of sp³-hybridized carbons (Fsp3) is 0.400. The summed E-state index contributed by atoms with van der Waals surface area (Å²) in [6.45, 7) is 0.0441. The summed E-state index contributed by atoms with van der Waals surface area (Å²) in [7, 11) is -4.61. The lowest BCUT2D eigenvalue weighted by Gasteiger charge is -2.13. The zero-order valence-electron chi connectivity index (χ0n) is 9.69. The largest absolute Gasteiger partial charge is 0.302 e. The van der Waals surface area contributed by atoms with Gasteiger partial charge >= 0.3 is 10.2 Å². The number of aldehydes is 1. The topological polar surface area (TPSA) is 97.3 Å². The number of hydrogen-bond donors (Lipinski definition) is 0. The second-order valence-corrected chi connectivity index (χ2v) is 5.63. The molecule has 1 atom stereocenters. The Labute approximate surface area is 108 Å². The van der Waals surface area contributed by atoms with Gasteiger partial charge in [-0.2, -0.15) is 8.42 Å². The van der Waals surface area contributed by atoms with Gasteiger partial charge in [0, 0.05) is 31.3 Å². The van der Waals surface area contributed by atoms with Crippen LogP contribution in [0.4, 0.5) is 9.83 Å². The van der Waals surface area contributed by atoms with Crippen LogP contribution in [-0.4, -0.2) is 42.9 Å². The van der Waals surface area contributed by atoms with Gasteiger partial charge in [0.2, 0.25) is 11.9 Å². The van der Waals surface area contributed by atoms with Crippen molar-refractivity contribution in [1.82, 2.24) is 9.97 Å². The first kappa shape index (κ1) is 13.5. The number of halogens is 1. The molecule has 0 saturated carbocycles. The molecular weight excluding hydrogens is 277 g/mol. The Morgan fingerprint density at radius 2 is 2.05 bits per heavy atom. The van der Waals surface area contributed by atoms with Crippen LogP contribution in [0.25, 0.3) is 0 Å². The highest BCUT2D eigenvalue weighted by Gasteiger charge is 2.34. The average molecular weight is 287 g/mol. The molecule has 0 N–H and O–H groups in total. The highest BCUT2D eigenvalue weighted by Crippen LogP contribution is 2.23. The quantitative estimate of drug-likeness (QED) is 0.568. The summed E-state index contributed by atoms with van der Waals surface area (Å²) >= 11 is 0. The van der Waals surface area contributed by atoms with Crippen molar-refractivity contribution in [3.05, 3.63) is 18.0 Å². The third-order valence-corrected chi connectivity index (χ3v) is 3.55. The van der Waals surface area contributed by atoms with Crippen LogP contribution in [0.2, 0.25) is 0 Å². The summed E-state index contributed by atoms with van der Waals surface area (Å²) in [6, 6.07) is 0. The molecule has 1 aliphatic heterocycles. The minimum Gasteiger partial charge on any atom is -0.298 e. The highest BCUT2D eigenvalue weighted by molar-refractivity contribution is 7.86. The molecule has 1 fully saturated rings. The minimum atomic E-state index is -4.61. The smallest absolute Gasteiger partial charge is 0.298 e. The van der Waals surface area contributed by atoms with Gasteiger partial charge in [0.25, 0.3) is 0 Å². The predicted molar refractivity (Wildman–Crippen MR) is 62.8 cm³/mol. The Balaban J connectivity index is 2.13. The van der Waals surface area contributed by atoms with Crippen LogP contribution < -0.4 is 4.90 Å². The SMILES string of the molecule is O=Cc1cnc(N2CC(CS(=O)(=O)F)CC2=O)nc1. The maximum atomic E-state index is 12.6. The van der Waals surface area contributed by atoms with Crippen LogP contribution in [0.15, 0.2) is 12.4 Å². The summed E-state index contributed by atoms with van der Waals surface area (Å²) in [5.74, 6) is -1.60. The summed E-state index contributed by atoms with van der Waals surface area (Å²) < 4.78 is 33.7. The molecule has 1 amide bonds. The Hall–Kier alpha value is -1.90. The molecule has 2 rings (SSSR count). The molecule has 0 aliphatic carbocycles. The van der Waals surface area contributed by atoms with E-state index < -0.39 is 21.9 Å². The van der Waals surface area contributed by atoms with E-state index in [1.165, 1.54) is 17.3 Å². The van der Waals surface area contributed by atoms with Gasteiger partial charge in [-0.1, -0.05) is 0 Å². The maximum absolute atomic E-state index is 12.6. The van der Waals surface area contributed by atoms with Gasteiger partial charge in [0.15, 0.2) is 6.29 Å². The molecule has 1 aliphatic rings. The maximum Gasteiger partial charge on any atom is 0.302 e. The lowest BCUT2D eigenvalue weighted by molar-refractivity contribution is -0.117. The van der Waals surface area contributed by atoms with E-state index in [4.69, 9.17) is 0 Å². The van der Waals surface area contributed by atoms with E-state index in [0.717, 1.165) is 0 Å². The van der Waals surface area contributed by atoms with Crippen LogP contribution >= 0.6 is 0 Å². The molecular formula is C10H10FN3O4S. The van der Waals surface area contributed by atoms with Gasteiger partial charge in [0.05, 0.1) is 11.3 Å². The number of aromatic nitrogens is 2. The van der Waals surface area contributed by atoms with Crippen molar-refractivity contribution in [1.29, 1.82) is 0 Å². The normalized spacial score (nSPS) is 19.7. The van der Waals surface area contributed by atoms with Crippen LogP contribution in [-0.2, 0) is 15.0 Å². The Morgan fingerprint density at radius 1 is 1.42 bits per heavy atom. The first-order chi connectivity index (χ1) is 8.89. The van der Waals surface area contributed by atoms with E-state index in [1.54, 1.807) is 0 Å². The number of carbonyl (C=O) groups is 2. The van der Waals surface area contributed by atoms with Gasteiger partial charge in [-0.3, -0.25) is 14.5 Å². The Morgan fingerprint density at radius 3 is 2.58 bits per heavy atom. The van der Waals surface area contributed by atoms with Crippen LogP contribution in [0.5, 0.6) is 0 Å². The number of rotatable bonds is 4. The molecule has 7 nitrogen and oxygen atoms in total. The zero-order chi connectivity index (χ0) is 14.0. The van der Waals surface area contributed by atoms with E-state index in [1.807, 2.05) is 0 Å². The first-order valence-electron chi connectivity index (χ1n) is 5.39. The van der Waals surface area contributed by atoms with Crippen molar-refractivity contribution in [2.24, 2.45) is 5.92 Å². The van der Waals surface area contributed by atoms with E-state index in [9.17, 15) is 21.9 Å². The molecule has 0 aromatic carbocycles. The zero-order valence-corrected chi connectivity index (χ0v) is 10.5. The van der Waals surface area contributed by atoms with Crippen molar-refractivity contribution in [3.63, 3.8) is 0 Å². The minimum absolute atomic E-state index is 0.0441. The summed E-state index contributed by atoms with van der Waals surface area (Å²) in [6.07, 6.45) is 3.00. The number of amides is 1. The number of carbonyl (C=O) groups excluding carboxylic acids is 2. The summed E-state index contributed by atoms with van der Waals surface area (Å²) in [5.41, 5.74) is 0.262. The van der Waals surface area contributed by atoms with Gasteiger partial charge in [-0.15, -0.1) is 3.89 Å². The molecule has 0 bridgehead atoms. The number of hydrogen-bond acceptors (Lipinski definition) is 6. The van der Waals surface area contributed by atoms with Gasteiger partial charge in [0.1, 0.15) is 0 Å². The molecule has 0 radical (unpaired) electrons. The Bertz CT molecular complexity index is 602. The molecule has 0 spiro atoms. The molecule has 1 saturated heterocycles. The van der Waals surface area contributed by atoms with E-state index in [0.29, 0.717) is 6.29 Å². The van der Waals surface area contributed by atoms with Crippen molar-refractivity contribution < 1.29 is 21.9 Å². The van der Waals surface area contributed by atoms with E-state index in [-0.39, 0.29) is 30.4 Å². The Kier molecular flexibility index (Phi) is 3.56. The number of nitrogens with zero attached hydrogens (tertiary/aromatic N) is 3. The van der Waals surface area contributed by atoms with E-state index >= 15 is 0 Å². The summed E-state index contributed by atoms with van der Waals surface area (Å²) in [5, 5.41) is 0. The first-order valence-corrected chi connectivity index (χ1v) is 6.94. The second-order valence-electron chi connectivity index (χ2n) is 4.21. The predicted octanol–water partition coefficient (Wildman–Crippen LogP) is -0.0587. The van der Waals surface area contributed by atoms with Gasteiger partial charge < -0.3 is 0 Å². The standard InChI is InChI=1S/C10H10FN3O4S/c11-19(17,18)6-7-1-9(16)14(4-7)10-12-2-8(5-15)3-13-10/h2-3,5,7H,1,4,6H2. The van der Waals surface area contributed by atoms with Crippen molar-refractivity contribution in [2.45, 2.75) is 6.42 Å². The lowest BCUT2D eigenvalue weighted by atomic mass is 10.1. The third kappa shape index (κ3) is 3.31. The van der Waals surface area contributed by atoms with Gasteiger partial charge in [-0.05, 0) is 0 Å². The molecule has 1 aromatic heterocycles. The fourth-order valence-corrected chi connectivity index (χ4v) is 2.69. The molecule has 1 aromatic rings.